The van der Waals surface area contributed by atoms with Gasteiger partial charge in [-0.05, 0) is 55.0 Å². The molecule has 0 aliphatic heterocycles. The third-order valence-electron chi connectivity index (χ3n) is 2.96. The van der Waals surface area contributed by atoms with Gasteiger partial charge in [0.05, 0.1) is 6.54 Å². The molecule has 0 fully saturated rings. The molecule has 0 saturated carbocycles. The van der Waals surface area contributed by atoms with E-state index in [1.165, 1.54) is 18.2 Å². The Kier molecular flexibility index (Phi) is 4.77. The molecule has 1 amide bonds. The molecule has 3 N–H and O–H groups in total. The smallest absolute Gasteiger partial charge is 0.251 e. The van der Waals surface area contributed by atoms with Crippen LogP contribution in [0.25, 0.3) is 0 Å². The van der Waals surface area contributed by atoms with E-state index in [0.29, 0.717) is 35.7 Å². The second-order valence-corrected chi connectivity index (χ2v) is 4.64. The Labute approximate surface area is 122 Å². The Morgan fingerprint density at radius 1 is 1.24 bits per heavy atom. The summed E-state index contributed by atoms with van der Waals surface area (Å²) in [7, 11) is 0. The van der Waals surface area contributed by atoms with E-state index in [1.54, 1.807) is 31.2 Å². The van der Waals surface area contributed by atoms with Crippen LogP contribution < -0.4 is 15.8 Å². The Bertz CT molecular complexity index is 627. The summed E-state index contributed by atoms with van der Waals surface area (Å²) in [6, 6.07) is 11.3. The fourth-order valence-corrected chi connectivity index (χ4v) is 1.79. The second-order valence-electron chi connectivity index (χ2n) is 4.64. The van der Waals surface area contributed by atoms with Crippen molar-refractivity contribution < 1.29 is 13.9 Å². The number of aryl methyl sites for hydroxylation is 1. The Morgan fingerprint density at radius 2 is 1.95 bits per heavy atom. The van der Waals surface area contributed by atoms with Crippen LogP contribution in [0.4, 0.5) is 10.1 Å². The number of hydrogen-bond acceptors (Lipinski definition) is 3. The van der Waals surface area contributed by atoms with Crippen LogP contribution in [0.1, 0.15) is 15.9 Å². The molecule has 0 unspecified atom stereocenters. The normalized spacial score (nSPS) is 10.2. The molecule has 0 bridgehead atoms. The summed E-state index contributed by atoms with van der Waals surface area (Å²) >= 11 is 0. The average Bonchev–Trinajstić information content (AvgIpc) is 2.48. The molecule has 0 spiro atoms. The van der Waals surface area contributed by atoms with E-state index < -0.39 is 0 Å². The minimum absolute atomic E-state index is 0.251. The zero-order chi connectivity index (χ0) is 15.2. The number of amides is 1. The summed E-state index contributed by atoms with van der Waals surface area (Å²) in [4.78, 5) is 11.9. The van der Waals surface area contributed by atoms with Crippen molar-refractivity contribution >= 4 is 11.6 Å². The van der Waals surface area contributed by atoms with Crippen molar-refractivity contribution in [3.63, 3.8) is 0 Å². The first-order valence-electron chi connectivity index (χ1n) is 6.59. The number of hydrogen-bond donors (Lipinski definition) is 2. The number of carbonyl (C=O) groups excluding carboxylic acids is 1. The molecule has 0 saturated heterocycles. The average molecular weight is 288 g/mol. The number of benzene rings is 2. The maximum Gasteiger partial charge on any atom is 0.251 e. The maximum atomic E-state index is 13.1. The van der Waals surface area contributed by atoms with Gasteiger partial charge >= 0.3 is 0 Å². The Morgan fingerprint density at radius 3 is 2.62 bits per heavy atom. The van der Waals surface area contributed by atoms with E-state index in [0.717, 1.165) is 0 Å². The fraction of sp³-hybridized carbons (Fsp3) is 0.188. The Balaban J connectivity index is 1.79. The highest BCUT2D eigenvalue weighted by Gasteiger charge is 2.07. The van der Waals surface area contributed by atoms with Crippen LogP contribution in [0.2, 0.25) is 0 Å². The van der Waals surface area contributed by atoms with Crippen LogP contribution in [0.15, 0.2) is 42.5 Å². The predicted molar refractivity (Wildman–Crippen MR) is 79.8 cm³/mol. The molecule has 2 rings (SSSR count). The lowest BCUT2D eigenvalue weighted by Crippen LogP contribution is -2.28. The lowest BCUT2D eigenvalue weighted by molar-refractivity contribution is 0.0947. The summed E-state index contributed by atoms with van der Waals surface area (Å²) in [5.74, 6) is 0.119. The van der Waals surface area contributed by atoms with Crippen molar-refractivity contribution in [2.24, 2.45) is 0 Å². The monoisotopic (exact) mass is 288 g/mol. The molecule has 0 aromatic heterocycles. The third-order valence-corrected chi connectivity index (χ3v) is 2.96. The van der Waals surface area contributed by atoms with E-state index in [-0.39, 0.29) is 11.7 Å². The molecule has 0 aliphatic rings. The van der Waals surface area contributed by atoms with E-state index in [9.17, 15) is 9.18 Å². The van der Waals surface area contributed by atoms with Crippen LogP contribution in [0.5, 0.6) is 5.75 Å². The third kappa shape index (κ3) is 4.21. The summed E-state index contributed by atoms with van der Waals surface area (Å²) in [6.07, 6.45) is 0. The zero-order valence-corrected chi connectivity index (χ0v) is 11.7. The van der Waals surface area contributed by atoms with Gasteiger partial charge in [-0.2, -0.15) is 0 Å². The zero-order valence-electron chi connectivity index (χ0n) is 11.7. The first kappa shape index (κ1) is 14.8. The summed E-state index contributed by atoms with van der Waals surface area (Å²) in [5.41, 5.74) is 7.12. The maximum absolute atomic E-state index is 13.1. The molecule has 21 heavy (non-hydrogen) atoms. The van der Waals surface area contributed by atoms with Crippen LogP contribution in [-0.2, 0) is 0 Å². The molecular formula is C16H17FN2O2. The molecule has 2 aromatic carbocycles. The van der Waals surface area contributed by atoms with Gasteiger partial charge in [0, 0.05) is 11.3 Å². The number of carbonyl (C=O) groups is 1. The molecule has 110 valence electrons. The SMILES string of the molecule is Cc1cc(C(=O)NCCOc2ccc(N)cc2)ccc1F. The first-order chi connectivity index (χ1) is 10.1. The van der Waals surface area contributed by atoms with Crippen molar-refractivity contribution in [2.45, 2.75) is 6.92 Å². The van der Waals surface area contributed by atoms with E-state index in [2.05, 4.69) is 5.32 Å². The van der Waals surface area contributed by atoms with Crippen molar-refractivity contribution in [3.05, 3.63) is 59.4 Å². The highest BCUT2D eigenvalue weighted by Crippen LogP contribution is 2.12. The topological polar surface area (TPSA) is 64.3 Å². The highest BCUT2D eigenvalue weighted by atomic mass is 19.1. The van der Waals surface area contributed by atoms with E-state index in [1.807, 2.05) is 0 Å². The fourth-order valence-electron chi connectivity index (χ4n) is 1.79. The minimum Gasteiger partial charge on any atom is -0.492 e. The first-order valence-corrected chi connectivity index (χ1v) is 6.59. The molecule has 0 aliphatic carbocycles. The largest absolute Gasteiger partial charge is 0.492 e. The molecule has 0 heterocycles. The van der Waals surface area contributed by atoms with Crippen LogP contribution in [-0.4, -0.2) is 19.1 Å². The number of anilines is 1. The number of halogens is 1. The number of ether oxygens (including phenoxy) is 1. The van der Waals surface area contributed by atoms with Crippen molar-refractivity contribution in [3.8, 4) is 5.75 Å². The second kappa shape index (κ2) is 6.74. The molecule has 0 atom stereocenters. The van der Waals surface area contributed by atoms with Gasteiger partial charge in [-0.15, -0.1) is 0 Å². The quantitative estimate of drug-likeness (QED) is 0.656. The molecule has 5 heteroatoms. The summed E-state index contributed by atoms with van der Waals surface area (Å²) in [6.45, 7) is 2.33. The number of nitrogens with one attached hydrogen (secondary N) is 1. The molecule has 2 aromatic rings. The van der Waals surface area contributed by atoms with Gasteiger partial charge in [0.25, 0.3) is 5.91 Å². The molecular weight excluding hydrogens is 271 g/mol. The summed E-state index contributed by atoms with van der Waals surface area (Å²) in [5, 5.41) is 2.72. The van der Waals surface area contributed by atoms with Gasteiger partial charge < -0.3 is 15.8 Å². The standard InChI is InChI=1S/C16H17FN2O2/c1-11-10-12(2-7-15(11)17)16(20)19-8-9-21-14-5-3-13(18)4-6-14/h2-7,10H,8-9,18H2,1H3,(H,19,20). The lowest BCUT2D eigenvalue weighted by atomic mass is 10.1. The predicted octanol–water partition coefficient (Wildman–Crippen LogP) is 2.53. The van der Waals surface area contributed by atoms with E-state index in [4.69, 9.17) is 10.5 Å². The minimum atomic E-state index is -0.321. The van der Waals surface area contributed by atoms with Crippen LogP contribution in [0.3, 0.4) is 0 Å². The van der Waals surface area contributed by atoms with Gasteiger partial charge in [0.2, 0.25) is 0 Å². The number of rotatable bonds is 5. The van der Waals surface area contributed by atoms with Gasteiger partial charge in [-0.1, -0.05) is 0 Å². The van der Waals surface area contributed by atoms with Gasteiger partial charge in [0.15, 0.2) is 0 Å². The van der Waals surface area contributed by atoms with Gasteiger partial charge in [-0.25, -0.2) is 4.39 Å². The van der Waals surface area contributed by atoms with Crippen molar-refractivity contribution in [2.75, 3.05) is 18.9 Å². The molecule has 0 radical (unpaired) electrons. The summed E-state index contributed by atoms with van der Waals surface area (Å²) < 4.78 is 18.6. The van der Waals surface area contributed by atoms with Gasteiger partial charge in [-0.3, -0.25) is 4.79 Å². The van der Waals surface area contributed by atoms with Gasteiger partial charge in [0.1, 0.15) is 18.2 Å². The van der Waals surface area contributed by atoms with Crippen LogP contribution >= 0.6 is 0 Å². The lowest BCUT2D eigenvalue weighted by Gasteiger charge is -2.08. The Hall–Kier alpha value is -2.56. The number of nitrogens with two attached hydrogens (primary N) is 1. The highest BCUT2D eigenvalue weighted by molar-refractivity contribution is 5.94. The number of nitrogen functional groups attached to an aromatic ring is 1. The van der Waals surface area contributed by atoms with E-state index >= 15 is 0 Å². The molecule has 4 nitrogen and oxygen atoms in total. The van der Waals surface area contributed by atoms with Crippen molar-refractivity contribution in [1.29, 1.82) is 0 Å². The van der Waals surface area contributed by atoms with Crippen LogP contribution in [0, 0.1) is 12.7 Å². The van der Waals surface area contributed by atoms with Crippen molar-refractivity contribution in [1.82, 2.24) is 5.32 Å².